The maximum absolute atomic E-state index is 14.7. The SMILES string of the molecule is CC[C@@]1(C=O)C(=O)OCc2c1cc1n(c2=O)CC2=C1CCC/C=c1/cc(F)c(C)cc1=C2CCCCOC(C)C. The normalized spacial score (nSPS) is 20.9. The van der Waals surface area contributed by atoms with E-state index in [1.165, 1.54) is 0 Å². The first kappa shape index (κ1) is 28.2. The first-order valence-electron chi connectivity index (χ1n) is 14.5. The van der Waals surface area contributed by atoms with Gasteiger partial charge in [0, 0.05) is 12.3 Å². The van der Waals surface area contributed by atoms with E-state index in [-0.39, 0.29) is 30.5 Å². The highest BCUT2D eigenvalue weighted by atomic mass is 19.1. The number of cyclic esters (lactones) is 1. The maximum atomic E-state index is 14.7. The van der Waals surface area contributed by atoms with Gasteiger partial charge in [-0.25, -0.2) is 4.39 Å². The van der Waals surface area contributed by atoms with Gasteiger partial charge < -0.3 is 18.8 Å². The fraction of sp³-hybridized carbons (Fsp3) is 0.485. The molecule has 1 aliphatic carbocycles. The van der Waals surface area contributed by atoms with Gasteiger partial charge in [-0.15, -0.1) is 0 Å². The number of fused-ring (bicyclic) bond motifs is 4. The van der Waals surface area contributed by atoms with Gasteiger partial charge in [0.15, 0.2) is 0 Å². The lowest BCUT2D eigenvalue weighted by Crippen LogP contribution is -2.45. The van der Waals surface area contributed by atoms with E-state index in [1.54, 1.807) is 24.5 Å². The van der Waals surface area contributed by atoms with Crippen LogP contribution in [0.15, 0.2) is 28.6 Å². The van der Waals surface area contributed by atoms with Gasteiger partial charge in [-0.3, -0.25) is 9.59 Å². The van der Waals surface area contributed by atoms with E-state index in [1.807, 2.05) is 26.0 Å². The summed E-state index contributed by atoms with van der Waals surface area (Å²) >= 11 is 0. The predicted molar refractivity (Wildman–Crippen MR) is 153 cm³/mol. The minimum absolute atomic E-state index is 0.129. The molecule has 40 heavy (non-hydrogen) atoms. The third-order valence-electron chi connectivity index (χ3n) is 8.63. The highest BCUT2D eigenvalue weighted by molar-refractivity contribution is 6.01. The van der Waals surface area contributed by atoms with Crippen molar-refractivity contribution in [2.75, 3.05) is 6.61 Å². The molecule has 0 bridgehead atoms. The van der Waals surface area contributed by atoms with Crippen molar-refractivity contribution in [2.24, 2.45) is 0 Å². The van der Waals surface area contributed by atoms with E-state index in [2.05, 4.69) is 6.08 Å². The molecular formula is C33H38FNO5. The molecule has 5 rings (SSSR count). The third kappa shape index (κ3) is 4.78. The maximum Gasteiger partial charge on any atom is 0.324 e. The Bertz CT molecular complexity index is 1580. The number of aryl methyl sites for hydroxylation is 1. The van der Waals surface area contributed by atoms with Gasteiger partial charge in [-0.05, 0) is 122 Å². The van der Waals surface area contributed by atoms with Crippen LogP contribution in [-0.2, 0) is 37.6 Å². The predicted octanol–water partition coefficient (Wildman–Crippen LogP) is 4.38. The Morgan fingerprint density at radius 2 is 1.98 bits per heavy atom. The van der Waals surface area contributed by atoms with Crippen molar-refractivity contribution in [3.63, 3.8) is 0 Å². The van der Waals surface area contributed by atoms with E-state index >= 15 is 0 Å². The molecule has 7 heteroatoms. The van der Waals surface area contributed by atoms with Crippen molar-refractivity contribution in [2.45, 2.75) is 97.3 Å². The fourth-order valence-electron chi connectivity index (χ4n) is 6.34. The molecule has 2 aliphatic heterocycles. The van der Waals surface area contributed by atoms with Gasteiger partial charge in [0.2, 0.25) is 0 Å². The van der Waals surface area contributed by atoms with Crippen molar-refractivity contribution >= 4 is 29.5 Å². The average Bonchev–Trinajstić information content (AvgIpc) is 3.31. The molecule has 3 heterocycles. The van der Waals surface area contributed by atoms with Crippen LogP contribution in [0, 0.1) is 12.7 Å². The second-order valence-electron chi connectivity index (χ2n) is 11.4. The molecule has 0 amide bonds. The molecule has 1 aromatic heterocycles. The lowest BCUT2D eigenvalue weighted by Gasteiger charge is -2.32. The van der Waals surface area contributed by atoms with Crippen LogP contribution in [0.25, 0.3) is 17.2 Å². The number of esters is 1. The summed E-state index contributed by atoms with van der Waals surface area (Å²) < 4.78 is 27.6. The van der Waals surface area contributed by atoms with Crippen molar-refractivity contribution in [3.8, 4) is 0 Å². The number of pyridine rings is 1. The molecule has 0 fully saturated rings. The Morgan fingerprint density at radius 3 is 2.70 bits per heavy atom. The van der Waals surface area contributed by atoms with Gasteiger partial charge >= 0.3 is 5.97 Å². The highest BCUT2D eigenvalue weighted by Gasteiger charge is 2.47. The van der Waals surface area contributed by atoms with Crippen LogP contribution in [0.4, 0.5) is 4.39 Å². The van der Waals surface area contributed by atoms with E-state index in [0.29, 0.717) is 36.1 Å². The molecule has 0 radical (unpaired) electrons. The van der Waals surface area contributed by atoms with Gasteiger partial charge in [0.25, 0.3) is 5.56 Å². The number of unbranched alkanes of at least 4 members (excludes halogenated alkanes) is 1. The fourth-order valence-corrected chi connectivity index (χ4v) is 6.34. The standard InChI is InChI=1S/C33H38FNO5/c1-5-33(19-36)28-16-30-24-12-7-6-10-22-15-29(34)21(4)14-25(22)23(11-8-9-13-39-20(2)3)26(24)17-35(30)31(37)27(28)18-40-32(33)38/h10,14-16,19-20H,5-9,11-13,17-18H2,1-4H3/b22-10-,25-23?/t33-/m0/s1. The number of benzene rings is 1. The molecule has 212 valence electrons. The minimum atomic E-state index is -1.47. The van der Waals surface area contributed by atoms with Gasteiger partial charge in [-0.1, -0.05) is 13.0 Å². The van der Waals surface area contributed by atoms with Crippen LogP contribution >= 0.6 is 0 Å². The summed E-state index contributed by atoms with van der Waals surface area (Å²) in [6.45, 7) is 8.55. The Hall–Kier alpha value is -3.32. The Labute approximate surface area is 234 Å². The molecule has 3 aliphatic rings. The Balaban J connectivity index is 1.70. The summed E-state index contributed by atoms with van der Waals surface area (Å²) in [4.78, 5) is 39.0. The summed E-state index contributed by atoms with van der Waals surface area (Å²) in [5.41, 5.74) is 3.83. The number of allylic oxidation sites excluding steroid dienone is 2. The first-order chi connectivity index (χ1) is 19.2. The van der Waals surface area contributed by atoms with Crippen LogP contribution in [0.3, 0.4) is 0 Å². The van der Waals surface area contributed by atoms with Crippen LogP contribution in [-0.4, -0.2) is 29.5 Å². The van der Waals surface area contributed by atoms with Crippen molar-refractivity contribution in [1.82, 2.24) is 4.57 Å². The molecule has 2 aromatic rings. The van der Waals surface area contributed by atoms with E-state index in [0.717, 1.165) is 71.4 Å². The summed E-state index contributed by atoms with van der Waals surface area (Å²) in [6, 6.07) is 5.46. The summed E-state index contributed by atoms with van der Waals surface area (Å²) in [7, 11) is 0. The van der Waals surface area contributed by atoms with E-state index < -0.39 is 11.4 Å². The van der Waals surface area contributed by atoms with Gasteiger partial charge in [0.05, 0.1) is 18.2 Å². The summed E-state index contributed by atoms with van der Waals surface area (Å²) in [5.74, 6) is -0.818. The van der Waals surface area contributed by atoms with Crippen LogP contribution in [0.1, 0.15) is 88.1 Å². The second kappa shape index (κ2) is 11.3. The molecule has 0 spiro atoms. The molecule has 0 saturated heterocycles. The number of aldehydes is 1. The summed E-state index contributed by atoms with van der Waals surface area (Å²) in [5, 5.41) is 1.90. The monoisotopic (exact) mass is 547 g/mol. The first-order valence-corrected chi connectivity index (χ1v) is 14.5. The smallest absolute Gasteiger partial charge is 0.324 e. The molecule has 6 nitrogen and oxygen atoms in total. The number of hydrogen-bond acceptors (Lipinski definition) is 5. The molecule has 0 saturated carbocycles. The average molecular weight is 548 g/mol. The number of halogens is 1. The van der Waals surface area contributed by atoms with Crippen molar-refractivity contribution < 1.29 is 23.5 Å². The Kier molecular flexibility index (Phi) is 7.96. The number of hydrogen-bond donors (Lipinski definition) is 0. The third-order valence-corrected chi connectivity index (χ3v) is 8.63. The number of rotatable bonds is 8. The second-order valence-corrected chi connectivity index (χ2v) is 11.4. The van der Waals surface area contributed by atoms with Crippen molar-refractivity contribution in [1.29, 1.82) is 0 Å². The van der Waals surface area contributed by atoms with E-state index in [9.17, 15) is 18.8 Å². The zero-order chi connectivity index (χ0) is 28.6. The van der Waals surface area contributed by atoms with Gasteiger partial charge in [-0.2, -0.15) is 0 Å². The lowest BCUT2D eigenvalue weighted by molar-refractivity contribution is -0.155. The molecule has 0 N–H and O–H groups in total. The lowest BCUT2D eigenvalue weighted by atomic mass is 9.75. The van der Waals surface area contributed by atoms with Crippen LogP contribution < -0.4 is 16.0 Å². The molecule has 1 aromatic carbocycles. The minimum Gasteiger partial charge on any atom is -0.460 e. The van der Waals surface area contributed by atoms with Crippen LogP contribution in [0.2, 0.25) is 0 Å². The van der Waals surface area contributed by atoms with Crippen molar-refractivity contribution in [3.05, 3.63) is 72.8 Å². The Morgan fingerprint density at radius 1 is 1.18 bits per heavy atom. The van der Waals surface area contributed by atoms with E-state index in [4.69, 9.17) is 9.47 Å². The molecule has 0 unspecified atom stereocenters. The number of carbonyl (C=O) groups excluding carboxylic acids is 2. The number of ether oxygens (including phenoxy) is 2. The quantitative estimate of drug-likeness (QED) is 0.212. The molecular weight excluding hydrogens is 509 g/mol. The number of nitrogens with zero attached hydrogens (tertiary/aromatic N) is 1. The van der Waals surface area contributed by atoms with Gasteiger partial charge in [0.1, 0.15) is 24.1 Å². The summed E-state index contributed by atoms with van der Waals surface area (Å²) in [6.07, 6.45) is 8.05. The number of carbonyl (C=O) groups is 2. The number of aromatic nitrogens is 1. The molecule has 1 atom stereocenters. The van der Waals surface area contributed by atoms with Crippen LogP contribution in [0.5, 0.6) is 0 Å². The largest absolute Gasteiger partial charge is 0.460 e. The topological polar surface area (TPSA) is 74.6 Å². The highest BCUT2D eigenvalue weighted by Crippen LogP contribution is 2.41. The zero-order valence-corrected chi connectivity index (χ0v) is 23.9. The zero-order valence-electron chi connectivity index (χ0n) is 23.9.